The molecule has 0 bridgehead atoms. The Balaban J connectivity index is 1.62. The minimum atomic E-state index is -1.91. The first-order valence-corrected chi connectivity index (χ1v) is 12.9. The standard InChI is InChI=1S/C27H30O15/c28-8-15-18(31)21(34)23(36)26(40-15)39-14-7-13-17(11(30)6-12(38-13)10-4-2-1-3-5-10)25(20(14)33)42-27-24(37)22(35)19(32)16(9-29)41-27/h1-7,15-16,18-19,21-24,26-29,31-37H,8-9H2/t15-,16-,18-,19-,21-,22-,23-,24-,26+,27-/m1/s1. The molecule has 10 atom stereocenters. The molecule has 15 nitrogen and oxygen atoms in total. The van der Waals surface area contributed by atoms with E-state index >= 15 is 0 Å². The molecular formula is C27H30O15. The smallest absolute Gasteiger partial charge is 0.229 e. The Hall–Kier alpha value is -3.35. The number of aliphatic hydroxyl groups is 8. The van der Waals surface area contributed by atoms with E-state index in [4.69, 9.17) is 23.4 Å². The molecule has 9 N–H and O–H groups in total. The number of phenolic OH excluding ortho intramolecular Hbond substituents is 1. The highest BCUT2D eigenvalue weighted by Gasteiger charge is 2.47. The molecule has 0 unspecified atom stereocenters. The molecule has 15 heteroatoms. The van der Waals surface area contributed by atoms with Gasteiger partial charge in [0.15, 0.2) is 16.9 Å². The molecule has 2 aliphatic rings. The number of ether oxygens (including phenoxy) is 4. The van der Waals surface area contributed by atoms with Crippen LogP contribution in [-0.2, 0) is 9.47 Å². The van der Waals surface area contributed by atoms with Crippen molar-refractivity contribution in [2.24, 2.45) is 0 Å². The van der Waals surface area contributed by atoms with Gasteiger partial charge >= 0.3 is 0 Å². The average Bonchev–Trinajstić information content (AvgIpc) is 2.99. The largest absolute Gasteiger partial charge is 0.502 e. The number of aliphatic hydroxyl groups excluding tert-OH is 8. The number of phenols is 1. The summed E-state index contributed by atoms with van der Waals surface area (Å²) in [5.41, 5.74) is -0.430. The first-order valence-electron chi connectivity index (χ1n) is 12.9. The highest BCUT2D eigenvalue weighted by atomic mass is 16.7. The molecule has 0 amide bonds. The maximum absolute atomic E-state index is 13.3. The molecular weight excluding hydrogens is 564 g/mol. The van der Waals surface area contributed by atoms with Crippen molar-refractivity contribution in [3.05, 3.63) is 52.7 Å². The molecule has 0 saturated carbocycles. The third-order valence-electron chi connectivity index (χ3n) is 7.14. The van der Waals surface area contributed by atoms with Crippen LogP contribution in [0.15, 0.2) is 51.7 Å². The molecule has 0 aliphatic carbocycles. The van der Waals surface area contributed by atoms with Crippen molar-refractivity contribution < 1.29 is 69.3 Å². The third kappa shape index (κ3) is 5.43. The second-order valence-electron chi connectivity index (χ2n) is 9.90. The molecule has 1 aromatic heterocycles. The lowest BCUT2D eigenvalue weighted by atomic mass is 9.99. The first-order chi connectivity index (χ1) is 20.0. The molecule has 2 fully saturated rings. The van der Waals surface area contributed by atoms with E-state index < -0.39 is 97.3 Å². The topological polar surface area (TPSA) is 249 Å². The van der Waals surface area contributed by atoms with Crippen molar-refractivity contribution in [2.45, 2.75) is 61.4 Å². The van der Waals surface area contributed by atoms with Gasteiger partial charge in [0.05, 0.1) is 13.2 Å². The average molecular weight is 595 g/mol. The summed E-state index contributed by atoms with van der Waals surface area (Å²) in [5.74, 6) is -1.97. The molecule has 3 heterocycles. The van der Waals surface area contributed by atoms with Crippen LogP contribution in [0.2, 0.25) is 0 Å². The number of rotatable bonds is 7. The SMILES string of the molecule is O=c1cc(-c2ccccc2)oc2cc(O[C@H]3O[C@H](CO)[C@@H](O)[C@@H](O)[C@H]3O)c(O)c(O[C@H]3O[C@H](CO)[C@@H](O)[C@@H](O)[C@H]3O)c12. The minimum Gasteiger partial charge on any atom is -0.502 e. The molecule has 3 aromatic rings. The summed E-state index contributed by atoms with van der Waals surface area (Å²) in [4.78, 5) is 13.3. The molecule has 5 rings (SSSR count). The van der Waals surface area contributed by atoms with Crippen LogP contribution in [0.25, 0.3) is 22.3 Å². The summed E-state index contributed by atoms with van der Waals surface area (Å²) >= 11 is 0. The number of hydrogen-bond donors (Lipinski definition) is 9. The van der Waals surface area contributed by atoms with E-state index in [1.165, 1.54) is 0 Å². The van der Waals surface area contributed by atoms with Gasteiger partial charge in [0.1, 0.15) is 65.6 Å². The fraction of sp³-hybridized carbons (Fsp3) is 0.444. The molecule has 2 aliphatic heterocycles. The zero-order valence-corrected chi connectivity index (χ0v) is 21.7. The van der Waals surface area contributed by atoms with Crippen LogP contribution in [0.1, 0.15) is 0 Å². The van der Waals surface area contributed by atoms with Crippen molar-refractivity contribution in [2.75, 3.05) is 13.2 Å². The summed E-state index contributed by atoms with van der Waals surface area (Å²) in [6.45, 7) is -1.53. The summed E-state index contributed by atoms with van der Waals surface area (Å²) < 4.78 is 27.9. The Bertz CT molecular complexity index is 1440. The van der Waals surface area contributed by atoms with Gasteiger partial charge in [-0.2, -0.15) is 0 Å². The van der Waals surface area contributed by atoms with E-state index in [1.54, 1.807) is 30.3 Å². The van der Waals surface area contributed by atoms with Gasteiger partial charge in [0.25, 0.3) is 0 Å². The zero-order valence-electron chi connectivity index (χ0n) is 21.7. The number of hydrogen-bond acceptors (Lipinski definition) is 15. The van der Waals surface area contributed by atoms with Gasteiger partial charge in [-0.1, -0.05) is 30.3 Å². The van der Waals surface area contributed by atoms with Crippen molar-refractivity contribution in [3.63, 3.8) is 0 Å². The summed E-state index contributed by atoms with van der Waals surface area (Å²) in [6, 6.07) is 10.7. The zero-order chi connectivity index (χ0) is 30.3. The Morgan fingerprint density at radius 3 is 1.81 bits per heavy atom. The maximum atomic E-state index is 13.3. The molecule has 42 heavy (non-hydrogen) atoms. The van der Waals surface area contributed by atoms with Crippen molar-refractivity contribution in [3.8, 4) is 28.6 Å². The van der Waals surface area contributed by atoms with E-state index in [0.29, 0.717) is 5.56 Å². The van der Waals surface area contributed by atoms with E-state index in [-0.39, 0.29) is 16.7 Å². The fourth-order valence-corrected chi connectivity index (χ4v) is 4.77. The second kappa shape index (κ2) is 12.1. The van der Waals surface area contributed by atoms with E-state index in [2.05, 4.69) is 0 Å². The van der Waals surface area contributed by atoms with E-state index in [9.17, 15) is 50.8 Å². The highest BCUT2D eigenvalue weighted by molar-refractivity contribution is 5.90. The van der Waals surface area contributed by atoms with E-state index in [0.717, 1.165) is 12.1 Å². The van der Waals surface area contributed by atoms with Gasteiger partial charge in [-0.05, 0) is 0 Å². The van der Waals surface area contributed by atoms with Crippen molar-refractivity contribution in [1.29, 1.82) is 0 Å². The van der Waals surface area contributed by atoms with E-state index in [1.807, 2.05) is 0 Å². The number of benzene rings is 2. The van der Waals surface area contributed by atoms with Crippen LogP contribution in [0.4, 0.5) is 0 Å². The van der Waals surface area contributed by atoms with Gasteiger partial charge in [-0.3, -0.25) is 4.79 Å². The van der Waals surface area contributed by atoms with Gasteiger partial charge in [0.2, 0.25) is 18.3 Å². The first kappa shape index (κ1) is 30.1. The normalized spacial score (nSPS) is 33.4. The lowest BCUT2D eigenvalue weighted by molar-refractivity contribution is -0.278. The summed E-state index contributed by atoms with van der Waals surface area (Å²) in [6.07, 6.45) is -17.1. The second-order valence-corrected chi connectivity index (χ2v) is 9.90. The highest BCUT2D eigenvalue weighted by Crippen LogP contribution is 2.44. The molecule has 0 radical (unpaired) electrons. The van der Waals surface area contributed by atoms with Gasteiger partial charge < -0.3 is 69.3 Å². The summed E-state index contributed by atoms with van der Waals surface area (Å²) in [5, 5.41) is 91.3. The van der Waals surface area contributed by atoms with Crippen LogP contribution in [0, 0.1) is 0 Å². The number of fused-ring (bicyclic) bond motifs is 1. The third-order valence-corrected chi connectivity index (χ3v) is 7.14. The lowest BCUT2D eigenvalue weighted by Crippen LogP contribution is -2.60. The van der Waals surface area contributed by atoms with Crippen LogP contribution in [-0.4, -0.2) is 121 Å². The Labute approximate surface area is 236 Å². The van der Waals surface area contributed by atoms with Crippen molar-refractivity contribution >= 4 is 11.0 Å². The molecule has 228 valence electrons. The molecule has 2 saturated heterocycles. The number of aromatic hydroxyl groups is 1. The quantitative estimate of drug-likeness (QED) is 0.137. The van der Waals surface area contributed by atoms with Gasteiger partial charge in [0, 0.05) is 17.7 Å². The minimum absolute atomic E-state index is 0.108. The monoisotopic (exact) mass is 594 g/mol. The Kier molecular flexibility index (Phi) is 8.68. The fourth-order valence-electron chi connectivity index (χ4n) is 4.77. The Morgan fingerprint density at radius 1 is 0.714 bits per heavy atom. The predicted octanol–water partition coefficient (Wildman–Crippen LogP) is -2.48. The predicted molar refractivity (Wildman–Crippen MR) is 138 cm³/mol. The van der Waals surface area contributed by atoms with Crippen LogP contribution >= 0.6 is 0 Å². The van der Waals surface area contributed by atoms with Crippen molar-refractivity contribution in [1.82, 2.24) is 0 Å². The Morgan fingerprint density at radius 2 is 1.26 bits per heavy atom. The van der Waals surface area contributed by atoms with Crippen LogP contribution < -0.4 is 14.9 Å². The lowest BCUT2D eigenvalue weighted by Gasteiger charge is -2.40. The van der Waals surface area contributed by atoms with Gasteiger partial charge in [-0.25, -0.2) is 0 Å². The van der Waals surface area contributed by atoms with Gasteiger partial charge in [-0.15, -0.1) is 0 Å². The maximum Gasteiger partial charge on any atom is 0.229 e. The van der Waals surface area contributed by atoms with Crippen LogP contribution in [0.3, 0.4) is 0 Å². The summed E-state index contributed by atoms with van der Waals surface area (Å²) in [7, 11) is 0. The molecule has 0 spiro atoms. The van der Waals surface area contributed by atoms with Crippen LogP contribution in [0.5, 0.6) is 17.2 Å². The molecule has 2 aromatic carbocycles.